The highest BCUT2D eigenvalue weighted by atomic mass is 16.5. The van der Waals surface area contributed by atoms with Gasteiger partial charge in [-0.05, 0) is 43.9 Å². The largest absolute Gasteiger partial charge is 0.381 e. The minimum absolute atomic E-state index is 0.510. The second-order valence-corrected chi connectivity index (χ2v) is 5.71. The number of hydrogen-bond acceptors (Lipinski definition) is 3. The Morgan fingerprint density at radius 2 is 2.00 bits per heavy atom. The van der Waals surface area contributed by atoms with Crippen LogP contribution in [0.2, 0.25) is 0 Å². The van der Waals surface area contributed by atoms with Crippen LogP contribution in [-0.2, 0) is 11.3 Å². The highest BCUT2D eigenvalue weighted by molar-refractivity contribution is 5.30. The topological polar surface area (TPSA) is 39.1 Å². The molecule has 1 fully saturated rings. The summed E-state index contributed by atoms with van der Waals surface area (Å²) in [6.07, 6.45) is 4.34. The van der Waals surface area contributed by atoms with Crippen molar-refractivity contribution in [2.24, 2.45) is 5.92 Å². The summed E-state index contributed by atoms with van der Waals surface area (Å²) in [6.45, 7) is 4.89. The highest BCUT2D eigenvalue weighted by Crippen LogP contribution is 2.18. The van der Waals surface area contributed by atoms with Gasteiger partial charge in [0.15, 0.2) is 0 Å². The Morgan fingerprint density at radius 1 is 1.24 bits per heavy atom. The van der Waals surface area contributed by atoms with Crippen molar-refractivity contribution >= 4 is 0 Å². The number of nitrogens with one attached hydrogen (secondary N) is 1. The lowest BCUT2D eigenvalue weighted by atomic mass is 9.93. The van der Waals surface area contributed by atoms with Crippen LogP contribution >= 0.6 is 0 Å². The van der Waals surface area contributed by atoms with Gasteiger partial charge in [0.2, 0.25) is 0 Å². The van der Waals surface area contributed by atoms with Gasteiger partial charge in [-0.25, -0.2) is 4.68 Å². The summed E-state index contributed by atoms with van der Waals surface area (Å²) >= 11 is 0. The summed E-state index contributed by atoms with van der Waals surface area (Å²) in [4.78, 5) is 0. The monoisotopic (exact) mass is 285 g/mol. The molecular formula is C17H23N3O. The van der Waals surface area contributed by atoms with Gasteiger partial charge in [0.1, 0.15) is 0 Å². The van der Waals surface area contributed by atoms with Crippen molar-refractivity contribution in [3.8, 4) is 5.69 Å². The maximum atomic E-state index is 5.42. The molecule has 4 nitrogen and oxygen atoms in total. The van der Waals surface area contributed by atoms with E-state index in [2.05, 4.69) is 35.5 Å². The van der Waals surface area contributed by atoms with Crippen LogP contribution in [0.25, 0.3) is 5.69 Å². The highest BCUT2D eigenvalue weighted by Gasteiger charge is 2.20. The average Bonchev–Trinajstić information content (AvgIpc) is 3.03. The molecular weight excluding hydrogens is 262 g/mol. The van der Waals surface area contributed by atoms with Crippen LogP contribution in [0.15, 0.2) is 42.6 Å². The fraction of sp³-hybridized carbons (Fsp3) is 0.471. The first-order valence-electron chi connectivity index (χ1n) is 7.74. The summed E-state index contributed by atoms with van der Waals surface area (Å²) in [5.41, 5.74) is 2.18. The van der Waals surface area contributed by atoms with Gasteiger partial charge in [0, 0.05) is 32.0 Å². The molecule has 1 saturated heterocycles. The number of rotatable bonds is 5. The van der Waals surface area contributed by atoms with Crippen molar-refractivity contribution in [3.63, 3.8) is 0 Å². The molecule has 0 saturated carbocycles. The minimum atomic E-state index is 0.510. The third kappa shape index (κ3) is 3.71. The third-order valence-electron chi connectivity index (χ3n) is 4.24. The average molecular weight is 285 g/mol. The third-order valence-corrected chi connectivity index (χ3v) is 4.24. The van der Waals surface area contributed by atoms with Gasteiger partial charge in [0.25, 0.3) is 0 Å². The molecule has 2 aromatic rings. The lowest BCUT2D eigenvalue weighted by molar-refractivity contribution is 0.0557. The van der Waals surface area contributed by atoms with Crippen molar-refractivity contribution in [1.82, 2.24) is 15.1 Å². The standard InChI is InChI=1S/C17H23N3O/c1-14(15-8-11-21-12-9-15)18-13-16-7-10-20(19-16)17-5-3-2-4-6-17/h2-7,10,14-15,18H,8-9,11-13H2,1H3. The molecule has 1 unspecified atom stereocenters. The summed E-state index contributed by atoms with van der Waals surface area (Å²) in [6, 6.07) is 12.8. The molecule has 3 rings (SSSR count). The summed E-state index contributed by atoms with van der Waals surface area (Å²) in [5.74, 6) is 0.718. The van der Waals surface area contributed by atoms with Crippen LogP contribution in [0.1, 0.15) is 25.5 Å². The zero-order valence-corrected chi connectivity index (χ0v) is 12.5. The van der Waals surface area contributed by atoms with Crippen LogP contribution in [0.3, 0.4) is 0 Å². The van der Waals surface area contributed by atoms with Crippen LogP contribution in [0, 0.1) is 5.92 Å². The maximum absolute atomic E-state index is 5.42. The van der Waals surface area contributed by atoms with Gasteiger partial charge >= 0.3 is 0 Å². The predicted molar refractivity (Wildman–Crippen MR) is 83.4 cm³/mol. The van der Waals surface area contributed by atoms with E-state index >= 15 is 0 Å². The minimum Gasteiger partial charge on any atom is -0.381 e. The number of para-hydroxylation sites is 1. The van der Waals surface area contributed by atoms with Crippen molar-refractivity contribution < 1.29 is 4.74 Å². The molecule has 0 aliphatic carbocycles. The molecule has 0 radical (unpaired) electrons. The molecule has 1 aliphatic heterocycles. The maximum Gasteiger partial charge on any atom is 0.0766 e. The molecule has 21 heavy (non-hydrogen) atoms. The zero-order valence-electron chi connectivity index (χ0n) is 12.5. The Hall–Kier alpha value is -1.65. The molecule has 0 spiro atoms. The van der Waals surface area contributed by atoms with E-state index in [1.807, 2.05) is 29.1 Å². The fourth-order valence-corrected chi connectivity index (χ4v) is 2.83. The van der Waals surface area contributed by atoms with Gasteiger partial charge in [-0.2, -0.15) is 5.10 Å². The van der Waals surface area contributed by atoms with Crippen LogP contribution in [0.4, 0.5) is 0 Å². The number of nitrogens with zero attached hydrogens (tertiary/aromatic N) is 2. The zero-order chi connectivity index (χ0) is 14.5. The van der Waals surface area contributed by atoms with Gasteiger partial charge < -0.3 is 10.1 Å². The molecule has 1 atom stereocenters. The van der Waals surface area contributed by atoms with Crippen LogP contribution < -0.4 is 5.32 Å². The van der Waals surface area contributed by atoms with E-state index in [-0.39, 0.29) is 0 Å². The second-order valence-electron chi connectivity index (χ2n) is 5.71. The molecule has 2 heterocycles. The van der Waals surface area contributed by atoms with Crippen molar-refractivity contribution in [2.45, 2.75) is 32.4 Å². The number of aromatic nitrogens is 2. The first-order chi connectivity index (χ1) is 10.3. The Morgan fingerprint density at radius 3 is 2.76 bits per heavy atom. The van der Waals surface area contributed by atoms with Crippen molar-refractivity contribution in [3.05, 3.63) is 48.3 Å². The van der Waals surface area contributed by atoms with Gasteiger partial charge in [-0.1, -0.05) is 18.2 Å². The Bertz CT molecular complexity index is 546. The molecule has 0 amide bonds. The molecule has 1 N–H and O–H groups in total. The fourth-order valence-electron chi connectivity index (χ4n) is 2.83. The summed E-state index contributed by atoms with van der Waals surface area (Å²) < 4.78 is 7.35. The normalized spacial score (nSPS) is 17.8. The Kier molecular flexibility index (Phi) is 4.68. The molecule has 1 aromatic carbocycles. The van der Waals surface area contributed by atoms with Crippen molar-refractivity contribution in [2.75, 3.05) is 13.2 Å². The lowest BCUT2D eigenvalue weighted by Crippen LogP contribution is -2.36. The molecule has 112 valence electrons. The number of benzene rings is 1. The predicted octanol–water partition coefficient (Wildman–Crippen LogP) is 2.78. The van der Waals surface area contributed by atoms with E-state index in [1.54, 1.807) is 0 Å². The van der Waals surface area contributed by atoms with E-state index in [0.29, 0.717) is 6.04 Å². The molecule has 1 aliphatic rings. The first kappa shape index (κ1) is 14.3. The van der Waals surface area contributed by atoms with E-state index in [1.165, 1.54) is 0 Å². The van der Waals surface area contributed by atoms with E-state index in [4.69, 9.17) is 4.74 Å². The summed E-state index contributed by atoms with van der Waals surface area (Å²) in [7, 11) is 0. The second kappa shape index (κ2) is 6.87. The summed E-state index contributed by atoms with van der Waals surface area (Å²) in [5, 5.41) is 8.23. The van der Waals surface area contributed by atoms with Crippen LogP contribution in [0.5, 0.6) is 0 Å². The molecule has 1 aromatic heterocycles. The van der Waals surface area contributed by atoms with Crippen molar-refractivity contribution in [1.29, 1.82) is 0 Å². The van der Waals surface area contributed by atoms with Gasteiger partial charge in [-0.15, -0.1) is 0 Å². The van der Waals surface area contributed by atoms with Gasteiger partial charge in [-0.3, -0.25) is 0 Å². The van der Waals surface area contributed by atoms with Crippen LogP contribution in [-0.4, -0.2) is 29.0 Å². The Balaban J connectivity index is 1.55. The molecule has 4 heteroatoms. The SMILES string of the molecule is CC(NCc1ccn(-c2ccccc2)n1)C1CCOCC1. The molecule has 0 bridgehead atoms. The van der Waals surface area contributed by atoms with E-state index in [9.17, 15) is 0 Å². The lowest BCUT2D eigenvalue weighted by Gasteiger charge is -2.28. The quantitative estimate of drug-likeness (QED) is 0.918. The first-order valence-corrected chi connectivity index (χ1v) is 7.74. The Labute approximate surface area is 126 Å². The number of ether oxygens (including phenoxy) is 1. The smallest absolute Gasteiger partial charge is 0.0766 e. The van der Waals surface area contributed by atoms with E-state index in [0.717, 1.165) is 49.9 Å². The van der Waals surface area contributed by atoms with Gasteiger partial charge in [0.05, 0.1) is 11.4 Å². The number of hydrogen-bond donors (Lipinski definition) is 1. The van der Waals surface area contributed by atoms with E-state index < -0.39 is 0 Å².